The molecule has 4 aliphatic carbocycles. The van der Waals surface area contributed by atoms with Crippen LogP contribution in [0, 0.1) is 0 Å². The van der Waals surface area contributed by atoms with Crippen molar-refractivity contribution < 1.29 is 0 Å². The van der Waals surface area contributed by atoms with Crippen molar-refractivity contribution in [3.63, 3.8) is 0 Å². The molecule has 0 aliphatic heterocycles. The lowest BCUT2D eigenvalue weighted by Gasteiger charge is -2.37. The fraction of sp³-hybridized carbons (Fsp3) is 0.134. The van der Waals surface area contributed by atoms with Gasteiger partial charge in [0.15, 0.2) is 0 Å². The van der Waals surface area contributed by atoms with Crippen molar-refractivity contribution in [1.82, 2.24) is 0 Å². The van der Waals surface area contributed by atoms with E-state index in [0.29, 0.717) is 0 Å². The molecule has 68 heavy (non-hydrogen) atoms. The average Bonchev–Trinajstić information content (AvgIpc) is 3.97. The summed E-state index contributed by atoms with van der Waals surface area (Å²) in [5.74, 6) is 0. The van der Waals surface area contributed by atoms with Crippen molar-refractivity contribution in [2.45, 2.75) is 56.8 Å². The molecule has 0 fully saturated rings. The zero-order valence-corrected chi connectivity index (χ0v) is 39.5. The topological polar surface area (TPSA) is 12.0 Å². The van der Waals surface area contributed by atoms with Crippen LogP contribution < -0.4 is 5.32 Å². The van der Waals surface area contributed by atoms with E-state index >= 15 is 0 Å². The number of benzene rings is 9. The summed E-state index contributed by atoms with van der Waals surface area (Å²) in [5, 5.41) is 3.92. The van der Waals surface area contributed by atoms with Gasteiger partial charge in [-0.05, 0) is 121 Å². The van der Waals surface area contributed by atoms with Crippen molar-refractivity contribution in [3.8, 4) is 33.4 Å². The van der Waals surface area contributed by atoms with Crippen LogP contribution in [0.3, 0.4) is 0 Å². The molecule has 0 aromatic heterocycles. The van der Waals surface area contributed by atoms with Gasteiger partial charge in [-0.1, -0.05) is 252 Å². The minimum Gasteiger partial charge on any atom is -0.356 e. The Morgan fingerprint density at radius 1 is 0.353 bits per heavy atom. The lowest BCUT2D eigenvalue weighted by atomic mass is 9.65. The van der Waals surface area contributed by atoms with Crippen molar-refractivity contribution in [1.29, 1.82) is 0 Å². The smallest absolute Gasteiger partial charge is 0.0714 e. The maximum absolute atomic E-state index is 3.92. The number of anilines is 2. The first-order chi connectivity index (χ1) is 33.5. The van der Waals surface area contributed by atoms with E-state index in [9.17, 15) is 0 Å². The summed E-state index contributed by atoms with van der Waals surface area (Å²) in [5.41, 5.74) is 23.1. The van der Waals surface area contributed by atoms with Crippen molar-refractivity contribution >= 4 is 11.4 Å². The Morgan fingerprint density at radius 3 is 1.15 bits per heavy atom. The summed E-state index contributed by atoms with van der Waals surface area (Å²) in [6, 6.07) is 82.6. The largest absolute Gasteiger partial charge is 0.356 e. The monoisotopic (exact) mass is 875 g/mol. The number of nitrogens with one attached hydrogen (secondary N) is 1. The van der Waals surface area contributed by atoms with Gasteiger partial charge in [-0.2, -0.15) is 0 Å². The molecule has 1 heteroatoms. The third-order valence-corrected chi connectivity index (χ3v) is 15.0. The fourth-order valence-electron chi connectivity index (χ4n) is 12.2. The Morgan fingerprint density at radius 2 is 0.706 bits per heavy atom. The van der Waals surface area contributed by atoms with E-state index in [0.717, 1.165) is 24.2 Å². The Balaban J connectivity index is 0.000000251. The van der Waals surface area contributed by atoms with Gasteiger partial charge in [0, 0.05) is 16.8 Å². The second-order valence-corrected chi connectivity index (χ2v) is 18.7. The minimum absolute atomic E-state index is 0.160. The van der Waals surface area contributed by atoms with Crippen LogP contribution in [0.5, 0.6) is 0 Å². The fourth-order valence-corrected chi connectivity index (χ4v) is 12.2. The molecule has 9 aromatic rings. The average molecular weight is 876 g/mol. The summed E-state index contributed by atoms with van der Waals surface area (Å²) in [4.78, 5) is 0. The summed E-state index contributed by atoms with van der Waals surface area (Å²) in [7, 11) is 0. The van der Waals surface area contributed by atoms with Crippen LogP contribution in [0.4, 0.5) is 11.4 Å². The molecule has 0 saturated heterocycles. The normalized spacial score (nSPS) is 16.7. The van der Waals surface area contributed by atoms with Gasteiger partial charge in [0.25, 0.3) is 0 Å². The molecule has 13 rings (SSSR count). The Hall–Kier alpha value is -7.74. The Bertz CT molecular complexity index is 3270. The maximum Gasteiger partial charge on any atom is 0.0714 e. The summed E-state index contributed by atoms with van der Waals surface area (Å²) in [6.45, 7) is 8.61. The lowest BCUT2D eigenvalue weighted by Crippen LogP contribution is -2.30. The lowest BCUT2D eigenvalue weighted by molar-refractivity contribution is 0.660. The van der Waals surface area contributed by atoms with Gasteiger partial charge >= 0.3 is 0 Å². The molecule has 9 aromatic carbocycles. The van der Waals surface area contributed by atoms with Crippen molar-refractivity contribution in [2.24, 2.45) is 0 Å². The number of hydrogen-bond acceptors (Lipinski definition) is 1. The van der Waals surface area contributed by atoms with E-state index in [1.165, 1.54) is 89.0 Å². The molecular formula is C67H57N. The van der Waals surface area contributed by atoms with E-state index in [4.69, 9.17) is 0 Å². The standard InChI is InChI=1S/C50H37N.C15H14.C2H6/c1-5-17-35(18-6-1)49(36-19-7-2-8-20-36)45-27-15-13-25-41(45)43-31-29-39(33-47(43)49)51-40-30-32-44-42-26-14-16-28-46(42)50(48(44)34-40,37-21-9-3-10-22-37)38-23-11-4-12-24-38;1-15(2)13-9-5-3-7-11(13)12-8-4-6-10-14(12)15;1-2/h1-11,13-23,25-34,51H,12,24H2;3-10H,1-2H3;1-2H3. The number of rotatable bonds is 6. The van der Waals surface area contributed by atoms with Gasteiger partial charge in [-0.15, -0.1) is 0 Å². The molecule has 0 bridgehead atoms. The predicted molar refractivity (Wildman–Crippen MR) is 287 cm³/mol. The van der Waals surface area contributed by atoms with Crippen molar-refractivity contribution in [2.75, 3.05) is 5.32 Å². The molecule has 0 saturated carbocycles. The highest BCUT2D eigenvalue weighted by Crippen LogP contribution is 2.59. The van der Waals surface area contributed by atoms with Crippen LogP contribution in [0.25, 0.3) is 33.4 Å². The van der Waals surface area contributed by atoms with E-state index in [-0.39, 0.29) is 10.8 Å². The first-order valence-electron chi connectivity index (χ1n) is 24.5. The van der Waals surface area contributed by atoms with Crippen LogP contribution in [-0.4, -0.2) is 0 Å². The highest BCUT2D eigenvalue weighted by molar-refractivity contribution is 5.90. The van der Waals surface area contributed by atoms with Crippen LogP contribution in [0.15, 0.2) is 248 Å². The van der Waals surface area contributed by atoms with E-state index in [1.807, 2.05) is 13.8 Å². The highest BCUT2D eigenvalue weighted by Gasteiger charge is 2.48. The summed E-state index contributed by atoms with van der Waals surface area (Å²) in [6.07, 6.45) is 8.99. The number of hydrogen-bond donors (Lipinski definition) is 1. The molecule has 4 aliphatic rings. The molecule has 1 unspecified atom stereocenters. The minimum atomic E-state index is -0.435. The van der Waals surface area contributed by atoms with Gasteiger partial charge in [-0.25, -0.2) is 0 Å². The third-order valence-electron chi connectivity index (χ3n) is 15.0. The van der Waals surface area contributed by atoms with Gasteiger partial charge in [-0.3, -0.25) is 0 Å². The van der Waals surface area contributed by atoms with Crippen LogP contribution >= 0.6 is 0 Å². The van der Waals surface area contributed by atoms with Gasteiger partial charge < -0.3 is 5.32 Å². The van der Waals surface area contributed by atoms with Crippen LogP contribution in [-0.2, 0) is 16.2 Å². The summed E-state index contributed by atoms with van der Waals surface area (Å²) >= 11 is 0. The first kappa shape index (κ1) is 42.9. The SMILES string of the molecule is C1=CCCC(C2(c3ccccc3)c3ccccc3-c3ccc(Nc4ccc5c(c4)C(c4ccccc4)(c4ccccc4)c4ccccc4-5)cc32)=C1.CC.CC1(C)c2ccccc2-c2ccccc21. The Kier molecular flexibility index (Phi) is 11.0. The highest BCUT2D eigenvalue weighted by atomic mass is 14.9. The Labute approximate surface area is 403 Å². The van der Waals surface area contributed by atoms with Gasteiger partial charge in [0.1, 0.15) is 0 Å². The molecule has 0 heterocycles. The van der Waals surface area contributed by atoms with Gasteiger partial charge in [0.05, 0.1) is 10.8 Å². The predicted octanol–water partition coefficient (Wildman–Crippen LogP) is 17.4. The number of allylic oxidation sites excluding steroid dienone is 4. The van der Waals surface area contributed by atoms with Gasteiger partial charge in [0.2, 0.25) is 0 Å². The van der Waals surface area contributed by atoms with E-state index in [1.54, 1.807) is 0 Å². The molecule has 330 valence electrons. The zero-order valence-electron chi connectivity index (χ0n) is 39.5. The quantitative estimate of drug-likeness (QED) is 0.175. The first-order valence-corrected chi connectivity index (χ1v) is 24.5. The molecular weight excluding hydrogens is 819 g/mol. The van der Waals surface area contributed by atoms with E-state index < -0.39 is 5.41 Å². The molecule has 0 radical (unpaired) electrons. The molecule has 1 N–H and O–H groups in total. The second kappa shape index (κ2) is 17.5. The zero-order chi connectivity index (χ0) is 46.3. The second-order valence-electron chi connectivity index (χ2n) is 18.7. The third kappa shape index (κ3) is 6.59. The maximum atomic E-state index is 3.92. The molecule has 0 amide bonds. The number of fused-ring (bicyclic) bond motifs is 9. The molecule has 1 atom stereocenters. The van der Waals surface area contributed by atoms with Crippen molar-refractivity contribution in [3.05, 3.63) is 298 Å². The van der Waals surface area contributed by atoms with E-state index in [2.05, 4.69) is 262 Å². The van der Waals surface area contributed by atoms with Crippen LogP contribution in [0.2, 0.25) is 0 Å². The van der Waals surface area contributed by atoms with Crippen LogP contribution in [0.1, 0.15) is 90.6 Å². The summed E-state index contributed by atoms with van der Waals surface area (Å²) < 4.78 is 0. The molecule has 0 spiro atoms. The molecule has 1 nitrogen and oxygen atoms in total.